The fraction of sp³-hybridized carbons (Fsp3) is 0.294. The van der Waals surface area contributed by atoms with Crippen molar-refractivity contribution in [1.29, 1.82) is 0 Å². The van der Waals surface area contributed by atoms with Crippen LogP contribution in [0, 0.1) is 0 Å². The molecule has 5 rings (SSSR count). The van der Waals surface area contributed by atoms with Gasteiger partial charge in [0, 0.05) is 6.04 Å². The first kappa shape index (κ1) is 25.9. The van der Waals surface area contributed by atoms with Gasteiger partial charge in [0.05, 0.1) is 12.1 Å². The third-order valence-corrected chi connectivity index (χ3v) is 7.09. The van der Waals surface area contributed by atoms with E-state index in [4.69, 9.17) is 5.73 Å². The van der Waals surface area contributed by atoms with Crippen LogP contribution in [0.15, 0.2) is 121 Å². The van der Waals surface area contributed by atoms with E-state index in [2.05, 4.69) is 90.2 Å². The minimum absolute atomic E-state index is 0.0163. The lowest BCUT2D eigenvalue weighted by Gasteiger charge is -2.28. The molecule has 4 aromatic rings. The molecule has 0 saturated heterocycles. The van der Waals surface area contributed by atoms with Crippen molar-refractivity contribution < 1.29 is 0 Å². The molecule has 0 unspecified atom stereocenters. The molecule has 0 heterocycles. The lowest BCUT2D eigenvalue weighted by atomic mass is 9.93. The molecule has 1 saturated carbocycles. The predicted molar refractivity (Wildman–Crippen MR) is 153 cm³/mol. The quantitative estimate of drug-likeness (QED) is 0.294. The Morgan fingerprint density at radius 1 is 0.472 bits per heavy atom. The van der Waals surface area contributed by atoms with Crippen molar-refractivity contribution in [2.45, 2.75) is 63.1 Å². The second-order valence-corrected chi connectivity index (χ2v) is 9.76. The average Bonchev–Trinajstić information content (AvgIpc) is 2.94. The summed E-state index contributed by atoms with van der Waals surface area (Å²) in [7, 11) is 0. The molecule has 0 spiro atoms. The van der Waals surface area contributed by atoms with E-state index in [1.54, 1.807) is 0 Å². The zero-order chi connectivity index (χ0) is 24.8. The van der Waals surface area contributed by atoms with E-state index in [-0.39, 0.29) is 6.04 Å². The van der Waals surface area contributed by atoms with Gasteiger partial charge < -0.3 is 11.1 Å². The largest absolute Gasteiger partial charge is 0.320 e. The maximum Gasteiger partial charge on any atom is 0.0578 e. The summed E-state index contributed by atoms with van der Waals surface area (Å²) < 4.78 is 0. The average molecular weight is 477 g/mol. The first-order valence-electron chi connectivity index (χ1n) is 13.5. The van der Waals surface area contributed by atoms with Gasteiger partial charge >= 0.3 is 0 Å². The van der Waals surface area contributed by atoms with Crippen molar-refractivity contribution in [3.63, 3.8) is 0 Å². The van der Waals surface area contributed by atoms with Gasteiger partial charge in [0.25, 0.3) is 0 Å². The molecule has 1 aliphatic carbocycles. The number of benzene rings is 4. The van der Waals surface area contributed by atoms with Crippen molar-refractivity contribution in [1.82, 2.24) is 5.32 Å². The molecular weight excluding hydrogens is 436 g/mol. The van der Waals surface area contributed by atoms with Crippen LogP contribution in [0.5, 0.6) is 0 Å². The van der Waals surface area contributed by atoms with E-state index in [1.807, 2.05) is 36.4 Å². The molecule has 36 heavy (non-hydrogen) atoms. The highest BCUT2D eigenvalue weighted by Gasteiger charge is 2.19. The molecular formula is C34H40N2. The van der Waals surface area contributed by atoms with Gasteiger partial charge in [0.1, 0.15) is 0 Å². The van der Waals surface area contributed by atoms with Gasteiger partial charge in [-0.15, -0.1) is 0 Å². The minimum atomic E-state index is -0.0163. The van der Waals surface area contributed by atoms with Crippen LogP contribution in [0.1, 0.15) is 79.3 Å². The summed E-state index contributed by atoms with van der Waals surface area (Å²) in [5.41, 5.74) is 11.2. The molecule has 0 bridgehead atoms. The maximum absolute atomic E-state index is 6.12. The molecule has 3 N–H and O–H groups in total. The molecule has 0 aliphatic heterocycles. The number of rotatable bonds is 6. The van der Waals surface area contributed by atoms with E-state index < -0.39 is 0 Å². The standard InChI is InChI=1S/C21H27N.C13H13N/c1-2-10-16-20(17-11-3-1)22-21(18-12-6-4-7-13-18)19-14-8-5-9-15-19;14-13(11-7-3-1-4-8-11)12-9-5-2-6-10-12/h4-9,12-15,20-22H,1-3,10-11,16-17H2;1-10,13H,14H2. The van der Waals surface area contributed by atoms with Crippen LogP contribution in [0.2, 0.25) is 0 Å². The van der Waals surface area contributed by atoms with Gasteiger partial charge in [-0.25, -0.2) is 0 Å². The summed E-state index contributed by atoms with van der Waals surface area (Å²) in [5.74, 6) is 0. The van der Waals surface area contributed by atoms with Crippen molar-refractivity contribution in [3.8, 4) is 0 Å². The Kier molecular flexibility index (Phi) is 10.3. The SMILES string of the molecule is NC(c1ccccc1)c1ccccc1.c1ccc(C(NC2CCCCCCC2)c2ccccc2)cc1. The predicted octanol–water partition coefficient (Wildman–Crippen LogP) is 8.21. The molecule has 4 aromatic carbocycles. The lowest BCUT2D eigenvalue weighted by molar-refractivity contribution is 0.370. The van der Waals surface area contributed by atoms with Crippen LogP contribution in [-0.4, -0.2) is 6.04 Å². The highest BCUT2D eigenvalue weighted by Crippen LogP contribution is 2.26. The molecule has 1 fully saturated rings. The van der Waals surface area contributed by atoms with Gasteiger partial charge in [0.15, 0.2) is 0 Å². The monoisotopic (exact) mass is 476 g/mol. The summed E-state index contributed by atoms with van der Waals surface area (Å²) >= 11 is 0. The Balaban J connectivity index is 0.000000187. The molecule has 186 valence electrons. The van der Waals surface area contributed by atoms with E-state index in [1.165, 1.54) is 56.1 Å². The van der Waals surface area contributed by atoms with Crippen molar-refractivity contribution >= 4 is 0 Å². The smallest absolute Gasteiger partial charge is 0.0578 e. The third kappa shape index (κ3) is 7.91. The van der Waals surface area contributed by atoms with Crippen LogP contribution >= 0.6 is 0 Å². The highest BCUT2D eigenvalue weighted by atomic mass is 15.0. The summed E-state index contributed by atoms with van der Waals surface area (Å²) in [6.07, 6.45) is 9.60. The van der Waals surface area contributed by atoms with Gasteiger partial charge in [-0.05, 0) is 35.1 Å². The summed E-state index contributed by atoms with van der Waals surface area (Å²) in [4.78, 5) is 0. The Hall–Kier alpha value is -3.20. The van der Waals surface area contributed by atoms with Crippen LogP contribution < -0.4 is 11.1 Å². The van der Waals surface area contributed by atoms with Crippen LogP contribution in [-0.2, 0) is 0 Å². The van der Waals surface area contributed by atoms with Crippen molar-refractivity contribution in [3.05, 3.63) is 144 Å². The minimum Gasteiger partial charge on any atom is -0.320 e. The number of hydrogen-bond donors (Lipinski definition) is 2. The van der Waals surface area contributed by atoms with Crippen molar-refractivity contribution in [2.24, 2.45) is 5.73 Å². The Morgan fingerprint density at radius 3 is 1.19 bits per heavy atom. The highest BCUT2D eigenvalue weighted by molar-refractivity contribution is 5.32. The van der Waals surface area contributed by atoms with Gasteiger partial charge in [-0.3, -0.25) is 0 Å². The Labute approximate surface area is 217 Å². The lowest BCUT2D eigenvalue weighted by Crippen LogP contribution is -2.34. The summed E-state index contributed by atoms with van der Waals surface area (Å²) in [6.45, 7) is 0. The second kappa shape index (κ2) is 14.4. The van der Waals surface area contributed by atoms with E-state index >= 15 is 0 Å². The maximum atomic E-state index is 6.12. The topological polar surface area (TPSA) is 38.0 Å². The second-order valence-electron chi connectivity index (χ2n) is 9.76. The van der Waals surface area contributed by atoms with Gasteiger partial charge in [0.2, 0.25) is 0 Å². The third-order valence-electron chi connectivity index (χ3n) is 7.09. The summed E-state index contributed by atoms with van der Waals surface area (Å²) in [6, 6.07) is 43.0. The van der Waals surface area contributed by atoms with E-state index in [0.717, 1.165) is 11.1 Å². The van der Waals surface area contributed by atoms with E-state index in [9.17, 15) is 0 Å². The molecule has 0 atom stereocenters. The van der Waals surface area contributed by atoms with Crippen LogP contribution in [0.3, 0.4) is 0 Å². The molecule has 2 nitrogen and oxygen atoms in total. The molecule has 2 heteroatoms. The first-order valence-corrected chi connectivity index (χ1v) is 13.5. The van der Waals surface area contributed by atoms with Crippen LogP contribution in [0.25, 0.3) is 0 Å². The Morgan fingerprint density at radius 2 is 0.806 bits per heavy atom. The molecule has 0 radical (unpaired) electrons. The van der Waals surface area contributed by atoms with Gasteiger partial charge in [-0.1, -0.05) is 153 Å². The summed E-state index contributed by atoms with van der Waals surface area (Å²) in [5, 5.41) is 3.96. The van der Waals surface area contributed by atoms with Crippen molar-refractivity contribution in [2.75, 3.05) is 0 Å². The van der Waals surface area contributed by atoms with Gasteiger partial charge in [-0.2, -0.15) is 0 Å². The molecule has 0 amide bonds. The number of nitrogens with one attached hydrogen (secondary N) is 1. The Bertz CT molecular complexity index is 1010. The zero-order valence-corrected chi connectivity index (χ0v) is 21.3. The molecule has 1 aliphatic rings. The fourth-order valence-corrected chi connectivity index (χ4v) is 5.05. The normalized spacial score (nSPS) is 14.5. The zero-order valence-electron chi connectivity index (χ0n) is 21.3. The number of nitrogens with two attached hydrogens (primary N) is 1. The number of hydrogen-bond acceptors (Lipinski definition) is 2. The molecule has 0 aromatic heterocycles. The van der Waals surface area contributed by atoms with E-state index in [0.29, 0.717) is 12.1 Å². The fourth-order valence-electron chi connectivity index (χ4n) is 5.05. The van der Waals surface area contributed by atoms with Crippen LogP contribution in [0.4, 0.5) is 0 Å². The first-order chi connectivity index (χ1) is 17.8.